The van der Waals surface area contributed by atoms with Crippen LogP contribution in [-0.2, 0) is 4.79 Å². The van der Waals surface area contributed by atoms with Crippen LogP contribution in [0.25, 0.3) is 0 Å². The summed E-state index contributed by atoms with van der Waals surface area (Å²) in [6.45, 7) is 0.376. The van der Waals surface area contributed by atoms with Crippen molar-refractivity contribution in [3.63, 3.8) is 0 Å². The molecule has 2 rings (SSSR count). The summed E-state index contributed by atoms with van der Waals surface area (Å²) in [5.41, 5.74) is 0. The van der Waals surface area contributed by atoms with Gasteiger partial charge < -0.3 is 9.64 Å². The van der Waals surface area contributed by atoms with Crippen molar-refractivity contribution in [2.24, 2.45) is 0 Å². The lowest BCUT2D eigenvalue weighted by Gasteiger charge is -2.34. The maximum Gasteiger partial charge on any atom is 0.260 e. The maximum absolute atomic E-state index is 12.5. The Kier molecular flexibility index (Phi) is 7.01. The molecule has 23 heavy (non-hydrogen) atoms. The van der Waals surface area contributed by atoms with E-state index in [0.717, 1.165) is 25.7 Å². The molecule has 0 unspecified atom stereocenters. The van der Waals surface area contributed by atoms with E-state index in [0.29, 0.717) is 28.8 Å². The molecule has 1 aliphatic rings. The normalized spacial score (nSPS) is 15.0. The number of amides is 1. The average molecular weight is 355 g/mol. The molecule has 0 radical (unpaired) electrons. The Morgan fingerprint density at radius 3 is 2.70 bits per heavy atom. The molecule has 1 amide bonds. The van der Waals surface area contributed by atoms with Crippen molar-refractivity contribution in [2.75, 3.05) is 13.2 Å². The summed E-state index contributed by atoms with van der Waals surface area (Å²) in [7, 11) is 0. The molecule has 1 aromatic rings. The molecule has 0 bridgehead atoms. The minimum Gasteiger partial charge on any atom is -0.482 e. The number of benzene rings is 1. The Morgan fingerprint density at radius 2 is 2.04 bits per heavy atom. The molecule has 0 aromatic heterocycles. The number of hydrogen-bond donors (Lipinski definition) is 0. The summed E-state index contributed by atoms with van der Waals surface area (Å²) in [4.78, 5) is 14.3. The smallest absolute Gasteiger partial charge is 0.260 e. The van der Waals surface area contributed by atoms with E-state index in [-0.39, 0.29) is 18.6 Å². The lowest BCUT2D eigenvalue weighted by atomic mass is 9.94. The maximum atomic E-state index is 12.5. The number of carbonyl (C=O) groups is 1. The summed E-state index contributed by atoms with van der Waals surface area (Å²) in [6, 6.07) is 7.23. The second kappa shape index (κ2) is 9.00. The van der Waals surface area contributed by atoms with Gasteiger partial charge in [-0.15, -0.1) is 0 Å². The quantitative estimate of drug-likeness (QED) is 0.758. The van der Waals surface area contributed by atoms with Crippen molar-refractivity contribution in [3.8, 4) is 11.8 Å². The fraction of sp³-hybridized carbons (Fsp3) is 0.529. The third kappa shape index (κ3) is 5.30. The number of halogens is 2. The van der Waals surface area contributed by atoms with Gasteiger partial charge in [0, 0.05) is 17.6 Å². The van der Waals surface area contributed by atoms with Crippen molar-refractivity contribution in [1.82, 2.24) is 4.90 Å². The molecule has 0 aliphatic heterocycles. The number of rotatable bonds is 6. The minimum atomic E-state index is -0.0989. The van der Waals surface area contributed by atoms with E-state index in [1.807, 2.05) is 0 Å². The molecule has 1 saturated carbocycles. The van der Waals surface area contributed by atoms with E-state index in [9.17, 15) is 4.79 Å². The summed E-state index contributed by atoms with van der Waals surface area (Å²) in [5, 5.41) is 9.72. The van der Waals surface area contributed by atoms with Crippen molar-refractivity contribution < 1.29 is 9.53 Å². The Balaban J connectivity index is 1.97. The van der Waals surface area contributed by atoms with E-state index in [1.165, 1.54) is 6.42 Å². The standard InChI is InChI=1S/C17H20Cl2N2O2/c18-13-7-8-16(15(19)11-13)23-12-17(22)21(10-4-9-20)14-5-2-1-3-6-14/h7-8,11,14H,1-6,10,12H2. The third-order valence-electron chi connectivity index (χ3n) is 4.05. The minimum absolute atomic E-state index is 0.0801. The van der Waals surface area contributed by atoms with E-state index in [4.69, 9.17) is 33.2 Å². The Bertz CT molecular complexity index is 580. The van der Waals surface area contributed by atoms with E-state index in [1.54, 1.807) is 23.1 Å². The van der Waals surface area contributed by atoms with Crippen LogP contribution < -0.4 is 4.74 Å². The zero-order chi connectivity index (χ0) is 16.7. The van der Waals surface area contributed by atoms with Crippen LogP contribution in [0, 0.1) is 11.3 Å². The van der Waals surface area contributed by atoms with Crippen molar-refractivity contribution in [3.05, 3.63) is 28.2 Å². The van der Waals surface area contributed by atoms with Gasteiger partial charge in [0.15, 0.2) is 6.61 Å². The van der Waals surface area contributed by atoms with Crippen LogP contribution in [0.15, 0.2) is 18.2 Å². The number of carbonyl (C=O) groups excluding carboxylic acids is 1. The first-order valence-electron chi connectivity index (χ1n) is 7.86. The molecule has 0 saturated heterocycles. The van der Waals surface area contributed by atoms with Crippen LogP contribution in [0.4, 0.5) is 0 Å². The molecular formula is C17H20Cl2N2O2. The van der Waals surface area contributed by atoms with E-state index in [2.05, 4.69) is 6.07 Å². The van der Waals surface area contributed by atoms with Gasteiger partial charge in [-0.25, -0.2) is 0 Å². The highest BCUT2D eigenvalue weighted by molar-refractivity contribution is 6.35. The fourth-order valence-electron chi connectivity index (χ4n) is 2.89. The topological polar surface area (TPSA) is 53.3 Å². The third-order valence-corrected chi connectivity index (χ3v) is 4.58. The Labute approximate surface area is 146 Å². The van der Waals surface area contributed by atoms with Crippen LogP contribution in [0.2, 0.25) is 10.0 Å². The second-order valence-corrected chi connectivity index (χ2v) is 6.49. The van der Waals surface area contributed by atoms with E-state index < -0.39 is 0 Å². The van der Waals surface area contributed by atoms with Crippen molar-refractivity contribution in [1.29, 1.82) is 5.26 Å². The molecule has 0 spiro atoms. The largest absolute Gasteiger partial charge is 0.482 e. The van der Waals surface area contributed by atoms with Crippen LogP contribution in [0.1, 0.15) is 38.5 Å². The summed E-state index contributed by atoms with van der Waals surface area (Å²) < 4.78 is 5.54. The molecular weight excluding hydrogens is 335 g/mol. The van der Waals surface area contributed by atoms with Gasteiger partial charge in [0.2, 0.25) is 0 Å². The van der Waals surface area contributed by atoms with Crippen molar-refractivity contribution >= 4 is 29.1 Å². The molecule has 0 atom stereocenters. The van der Waals surface area contributed by atoms with E-state index >= 15 is 0 Å². The number of nitriles is 1. The number of nitrogens with zero attached hydrogens (tertiary/aromatic N) is 2. The van der Waals surface area contributed by atoms with Crippen molar-refractivity contribution in [2.45, 2.75) is 44.6 Å². The van der Waals surface area contributed by atoms with Crippen LogP contribution in [0.3, 0.4) is 0 Å². The van der Waals surface area contributed by atoms with Gasteiger partial charge in [-0.05, 0) is 31.0 Å². The lowest BCUT2D eigenvalue weighted by Crippen LogP contribution is -2.44. The highest BCUT2D eigenvalue weighted by Gasteiger charge is 2.25. The molecule has 124 valence electrons. The van der Waals surface area contributed by atoms with Gasteiger partial charge in [-0.1, -0.05) is 42.5 Å². The first kappa shape index (κ1) is 17.9. The average Bonchev–Trinajstić information content (AvgIpc) is 2.55. The zero-order valence-electron chi connectivity index (χ0n) is 12.9. The fourth-order valence-corrected chi connectivity index (χ4v) is 3.35. The monoisotopic (exact) mass is 354 g/mol. The first-order chi connectivity index (χ1) is 11.1. The van der Waals surface area contributed by atoms with Gasteiger partial charge >= 0.3 is 0 Å². The summed E-state index contributed by atoms with van der Waals surface area (Å²) in [6.07, 6.45) is 5.81. The first-order valence-corrected chi connectivity index (χ1v) is 8.61. The molecule has 1 aliphatic carbocycles. The highest BCUT2D eigenvalue weighted by Crippen LogP contribution is 2.28. The second-order valence-electron chi connectivity index (χ2n) is 5.65. The zero-order valence-corrected chi connectivity index (χ0v) is 14.4. The van der Waals surface area contributed by atoms with Crippen LogP contribution in [-0.4, -0.2) is 30.0 Å². The Hall–Kier alpha value is -1.44. The number of hydrogen-bond acceptors (Lipinski definition) is 3. The predicted molar refractivity (Wildman–Crippen MR) is 90.8 cm³/mol. The van der Waals surface area contributed by atoms with Gasteiger partial charge in [0.05, 0.1) is 17.5 Å². The molecule has 1 fully saturated rings. The Morgan fingerprint density at radius 1 is 1.30 bits per heavy atom. The molecule has 0 heterocycles. The van der Waals surface area contributed by atoms with Gasteiger partial charge in [0.1, 0.15) is 5.75 Å². The lowest BCUT2D eigenvalue weighted by molar-refractivity contribution is -0.136. The van der Waals surface area contributed by atoms with Crippen LogP contribution >= 0.6 is 23.2 Å². The molecule has 1 aromatic carbocycles. The molecule has 4 nitrogen and oxygen atoms in total. The molecule has 0 N–H and O–H groups in total. The summed E-state index contributed by atoms with van der Waals surface area (Å²) >= 11 is 11.9. The predicted octanol–water partition coefficient (Wildman–Crippen LogP) is 4.45. The van der Waals surface area contributed by atoms with Gasteiger partial charge in [-0.2, -0.15) is 5.26 Å². The van der Waals surface area contributed by atoms with Gasteiger partial charge in [-0.3, -0.25) is 4.79 Å². The SMILES string of the molecule is N#CCCN(C(=O)COc1ccc(Cl)cc1Cl)C1CCCCC1. The van der Waals surface area contributed by atoms with Gasteiger partial charge in [0.25, 0.3) is 5.91 Å². The molecule has 6 heteroatoms. The summed E-state index contributed by atoms with van der Waals surface area (Å²) in [5.74, 6) is 0.339. The van der Waals surface area contributed by atoms with Crippen LogP contribution in [0.5, 0.6) is 5.75 Å². The highest BCUT2D eigenvalue weighted by atomic mass is 35.5. The number of ether oxygens (including phenoxy) is 1.